The number of rotatable bonds is 4. The molecule has 0 spiro atoms. The Morgan fingerprint density at radius 2 is 1.88 bits per heavy atom. The minimum Gasteiger partial charge on any atom is -0.507 e. The third-order valence-electron chi connectivity index (χ3n) is 5.80. The Kier molecular flexibility index (Phi) is 4.77. The lowest BCUT2D eigenvalue weighted by molar-refractivity contribution is 0.122. The van der Waals surface area contributed by atoms with E-state index in [4.69, 9.17) is 14.1 Å². The molecular weight excluding hydrogens is 418 g/mol. The molecule has 1 fully saturated rings. The lowest BCUT2D eigenvalue weighted by atomic mass is 10.1. The molecule has 0 unspecified atom stereocenters. The van der Waals surface area contributed by atoms with Crippen LogP contribution in [0.2, 0.25) is 0 Å². The molecule has 0 bridgehead atoms. The molecule has 3 aromatic heterocycles. The van der Waals surface area contributed by atoms with E-state index in [1.165, 1.54) is 0 Å². The maximum atomic E-state index is 10.1. The number of aromatic nitrogens is 3. The number of ether oxygens (including phenoxy) is 1. The molecule has 8 heteroatoms. The molecule has 0 aliphatic carbocycles. The van der Waals surface area contributed by atoms with Crippen LogP contribution in [0.25, 0.3) is 33.3 Å². The molecule has 5 aromatic rings. The molecule has 2 aromatic carbocycles. The first-order chi connectivity index (χ1) is 16.3. The molecule has 2 N–H and O–H groups in total. The largest absolute Gasteiger partial charge is 0.507 e. The van der Waals surface area contributed by atoms with Crippen LogP contribution in [-0.4, -0.2) is 46.4 Å². The number of furan rings is 1. The molecule has 0 atom stereocenters. The number of pyridine rings is 1. The zero-order valence-electron chi connectivity index (χ0n) is 17.7. The van der Waals surface area contributed by atoms with Crippen molar-refractivity contribution in [1.82, 2.24) is 15.0 Å². The highest BCUT2D eigenvalue weighted by molar-refractivity contribution is 6.00. The Labute approximate surface area is 189 Å². The number of phenols is 1. The minimum atomic E-state index is 0.257. The van der Waals surface area contributed by atoms with Crippen LogP contribution in [0.1, 0.15) is 0 Å². The van der Waals surface area contributed by atoms with Crippen molar-refractivity contribution in [2.75, 3.05) is 36.5 Å². The molecule has 1 aliphatic heterocycles. The van der Waals surface area contributed by atoms with Crippen LogP contribution in [0.15, 0.2) is 71.5 Å². The second-order valence-electron chi connectivity index (χ2n) is 7.85. The van der Waals surface area contributed by atoms with E-state index in [9.17, 15) is 5.11 Å². The van der Waals surface area contributed by atoms with E-state index >= 15 is 0 Å². The fraction of sp³-hybridized carbons (Fsp3) is 0.160. The van der Waals surface area contributed by atoms with E-state index in [2.05, 4.69) is 20.2 Å². The lowest BCUT2D eigenvalue weighted by Crippen LogP contribution is -2.36. The number of fused-ring (bicyclic) bond motifs is 2. The van der Waals surface area contributed by atoms with Crippen molar-refractivity contribution in [3.05, 3.63) is 67.1 Å². The number of nitrogens with one attached hydrogen (secondary N) is 1. The maximum Gasteiger partial charge on any atom is 0.199 e. The first kappa shape index (κ1) is 19.5. The maximum absolute atomic E-state index is 10.1. The van der Waals surface area contributed by atoms with E-state index in [0.717, 1.165) is 46.4 Å². The summed E-state index contributed by atoms with van der Waals surface area (Å²) in [4.78, 5) is 15.7. The molecule has 8 nitrogen and oxygen atoms in total. The summed E-state index contributed by atoms with van der Waals surface area (Å²) in [5.41, 5.74) is 2.28. The molecule has 0 radical (unpaired) electrons. The topological polar surface area (TPSA) is 96.5 Å². The standard InChI is InChI=1S/C25H21N5O3/c31-20-3-1-2-16-14-17(4-5-18(16)20)28-23-19-6-8-26-15-21(19)33-24(23)25-27-9-7-22(29-25)30-10-12-32-13-11-30/h1-9,14-15,28,31H,10-13H2. The van der Waals surface area contributed by atoms with Crippen LogP contribution in [0.4, 0.5) is 17.2 Å². The van der Waals surface area contributed by atoms with Gasteiger partial charge < -0.3 is 24.5 Å². The van der Waals surface area contributed by atoms with Gasteiger partial charge in [-0.25, -0.2) is 9.97 Å². The Bertz CT molecular complexity index is 1460. The number of nitrogens with zero attached hydrogens (tertiary/aromatic N) is 4. The second-order valence-corrected chi connectivity index (χ2v) is 7.85. The number of hydrogen-bond acceptors (Lipinski definition) is 8. The summed E-state index contributed by atoms with van der Waals surface area (Å²) >= 11 is 0. The first-order valence-electron chi connectivity index (χ1n) is 10.8. The van der Waals surface area contributed by atoms with E-state index in [1.54, 1.807) is 24.7 Å². The summed E-state index contributed by atoms with van der Waals surface area (Å²) in [6.45, 7) is 2.94. The monoisotopic (exact) mass is 439 g/mol. The van der Waals surface area contributed by atoms with Crippen molar-refractivity contribution >= 4 is 38.9 Å². The molecule has 164 valence electrons. The van der Waals surface area contributed by atoms with Crippen LogP contribution in [0.5, 0.6) is 5.75 Å². The highest BCUT2D eigenvalue weighted by Gasteiger charge is 2.21. The summed E-state index contributed by atoms with van der Waals surface area (Å²) in [6, 6.07) is 15.1. The Balaban J connectivity index is 1.44. The van der Waals surface area contributed by atoms with Crippen molar-refractivity contribution in [2.45, 2.75) is 0 Å². The number of anilines is 3. The van der Waals surface area contributed by atoms with Crippen molar-refractivity contribution in [2.24, 2.45) is 0 Å². The quantitative estimate of drug-likeness (QED) is 0.415. The van der Waals surface area contributed by atoms with Gasteiger partial charge in [0.25, 0.3) is 0 Å². The minimum absolute atomic E-state index is 0.257. The predicted molar refractivity (Wildman–Crippen MR) is 127 cm³/mol. The van der Waals surface area contributed by atoms with Gasteiger partial charge in [-0.05, 0) is 41.8 Å². The molecule has 0 saturated carbocycles. The Hall–Kier alpha value is -4.17. The Morgan fingerprint density at radius 3 is 2.79 bits per heavy atom. The van der Waals surface area contributed by atoms with Crippen molar-refractivity contribution < 1.29 is 14.3 Å². The summed E-state index contributed by atoms with van der Waals surface area (Å²) in [5, 5.41) is 16.2. The van der Waals surface area contributed by atoms with Crippen LogP contribution >= 0.6 is 0 Å². The van der Waals surface area contributed by atoms with E-state index in [-0.39, 0.29) is 5.75 Å². The van der Waals surface area contributed by atoms with Gasteiger partial charge in [-0.3, -0.25) is 4.98 Å². The summed E-state index contributed by atoms with van der Waals surface area (Å²) < 4.78 is 11.6. The number of benzene rings is 2. The lowest BCUT2D eigenvalue weighted by Gasteiger charge is -2.27. The molecule has 1 aliphatic rings. The van der Waals surface area contributed by atoms with Gasteiger partial charge in [0.1, 0.15) is 11.6 Å². The second kappa shape index (κ2) is 8.07. The summed E-state index contributed by atoms with van der Waals surface area (Å²) in [5.74, 6) is 2.14. The smallest absolute Gasteiger partial charge is 0.199 e. The van der Waals surface area contributed by atoms with Crippen molar-refractivity contribution in [3.8, 4) is 17.3 Å². The highest BCUT2D eigenvalue weighted by atomic mass is 16.5. The van der Waals surface area contributed by atoms with Gasteiger partial charge in [-0.15, -0.1) is 0 Å². The molecular formula is C25H21N5O3. The molecule has 33 heavy (non-hydrogen) atoms. The molecule has 4 heterocycles. The fourth-order valence-electron chi connectivity index (χ4n) is 4.15. The number of phenolic OH excluding ortho intramolecular Hbond substituents is 1. The van der Waals surface area contributed by atoms with Crippen LogP contribution in [0, 0.1) is 0 Å². The molecule has 6 rings (SSSR count). The zero-order chi connectivity index (χ0) is 22.2. The average molecular weight is 439 g/mol. The summed E-state index contributed by atoms with van der Waals surface area (Å²) in [6.07, 6.45) is 5.17. The zero-order valence-corrected chi connectivity index (χ0v) is 17.7. The van der Waals surface area contributed by atoms with Crippen LogP contribution < -0.4 is 10.2 Å². The Morgan fingerprint density at radius 1 is 0.970 bits per heavy atom. The number of hydrogen-bond donors (Lipinski definition) is 2. The fourth-order valence-corrected chi connectivity index (χ4v) is 4.15. The van der Waals surface area contributed by atoms with Gasteiger partial charge in [0, 0.05) is 41.9 Å². The third kappa shape index (κ3) is 3.60. The van der Waals surface area contributed by atoms with E-state index in [0.29, 0.717) is 30.4 Å². The third-order valence-corrected chi connectivity index (χ3v) is 5.80. The van der Waals surface area contributed by atoms with Gasteiger partial charge in [-0.1, -0.05) is 12.1 Å². The normalized spacial score (nSPS) is 14.1. The first-order valence-corrected chi connectivity index (χ1v) is 10.8. The van der Waals surface area contributed by atoms with Crippen molar-refractivity contribution in [1.29, 1.82) is 0 Å². The SMILES string of the molecule is Oc1cccc2cc(Nc3c(-c4nccc(N5CCOCC5)n4)oc4cnccc34)ccc12. The van der Waals surface area contributed by atoms with Gasteiger partial charge in [0.05, 0.1) is 25.1 Å². The van der Waals surface area contributed by atoms with Crippen LogP contribution in [0.3, 0.4) is 0 Å². The number of aromatic hydroxyl groups is 1. The molecule has 1 saturated heterocycles. The van der Waals surface area contributed by atoms with Crippen LogP contribution in [-0.2, 0) is 4.74 Å². The summed E-state index contributed by atoms with van der Waals surface area (Å²) in [7, 11) is 0. The highest BCUT2D eigenvalue weighted by Crippen LogP contribution is 2.39. The van der Waals surface area contributed by atoms with Gasteiger partial charge in [-0.2, -0.15) is 0 Å². The van der Waals surface area contributed by atoms with Gasteiger partial charge in [0.2, 0.25) is 0 Å². The van der Waals surface area contributed by atoms with Crippen molar-refractivity contribution in [3.63, 3.8) is 0 Å². The van der Waals surface area contributed by atoms with E-state index in [1.807, 2.05) is 42.5 Å². The average Bonchev–Trinajstić information content (AvgIpc) is 3.23. The number of morpholine rings is 1. The van der Waals surface area contributed by atoms with E-state index < -0.39 is 0 Å². The van der Waals surface area contributed by atoms with Gasteiger partial charge in [0.15, 0.2) is 17.2 Å². The van der Waals surface area contributed by atoms with Gasteiger partial charge >= 0.3 is 0 Å². The predicted octanol–water partition coefficient (Wildman–Crippen LogP) is 4.72. The molecule has 0 amide bonds.